The van der Waals surface area contributed by atoms with Crippen LogP contribution in [0.2, 0.25) is 10.3 Å². The minimum absolute atomic E-state index is 0.267. The molecule has 13 heterocycles. The van der Waals surface area contributed by atoms with Crippen molar-refractivity contribution < 1.29 is 37.7 Å². The zero-order chi connectivity index (χ0) is 69.5. The van der Waals surface area contributed by atoms with Gasteiger partial charge >= 0.3 is 26.4 Å². The van der Waals surface area contributed by atoms with Gasteiger partial charge in [0.05, 0.1) is 79.6 Å². The lowest BCUT2D eigenvalue weighted by Crippen LogP contribution is -2.41. The molecule has 0 aromatic carbocycles. The van der Waals surface area contributed by atoms with E-state index in [1.165, 1.54) is 24.0 Å². The van der Waals surface area contributed by atoms with Crippen molar-refractivity contribution in [3.05, 3.63) is 110 Å². The summed E-state index contributed by atoms with van der Waals surface area (Å²) in [6.45, 7) is 36.0. The normalized spacial score (nSPS) is 17.3. The summed E-state index contributed by atoms with van der Waals surface area (Å²) < 4.78 is 44.3. The Kier molecular flexibility index (Phi) is 22.1. The average molecular weight is 1460 g/mol. The van der Waals surface area contributed by atoms with Gasteiger partial charge in [-0.2, -0.15) is 15.3 Å². The number of carbonyl (C=O) groups excluding carboxylic acids is 2. The zero-order valence-electron chi connectivity index (χ0n) is 57.6. The number of aryl methyl sites for hydroxylation is 6. The molecular formula is C65H83B2BrCl2N14O8S3. The molecule has 0 radical (unpaired) electrons. The second kappa shape index (κ2) is 28.7. The molecule has 4 aliphatic rings. The Bertz CT molecular complexity index is 4300. The fourth-order valence-corrected chi connectivity index (χ4v) is 14.4. The Morgan fingerprint density at radius 3 is 1.36 bits per heavy atom. The summed E-state index contributed by atoms with van der Waals surface area (Å²) >= 11 is 20.0. The van der Waals surface area contributed by atoms with Crippen molar-refractivity contribution in [3.8, 4) is 20.9 Å². The summed E-state index contributed by atoms with van der Waals surface area (Å²) in [4.78, 5) is 55.2. The van der Waals surface area contributed by atoms with Gasteiger partial charge < -0.3 is 37.9 Å². The summed E-state index contributed by atoms with van der Waals surface area (Å²) in [6, 6.07) is 6.05. The first-order valence-corrected chi connectivity index (χ1v) is 35.0. The van der Waals surface area contributed by atoms with Gasteiger partial charge in [0.1, 0.15) is 40.5 Å². The van der Waals surface area contributed by atoms with E-state index in [1.54, 1.807) is 43.5 Å². The van der Waals surface area contributed by atoms with Crippen LogP contribution in [-0.4, -0.2) is 155 Å². The summed E-state index contributed by atoms with van der Waals surface area (Å²) in [5.41, 5.74) is 9.93. The Balaban J connectivity index is 0.000000144. The van der Waals surface area contributed by atoms with Crippen molar-refractivity contribution in [1.29, 1.82) is 0 Å². The average Bonchev–Trinajstić information content (AvgIpc) is 1.65. The lowest BCUT2D eigenvalue weighted by atomic mass is 9.75. The Morgan fingerprint density at radius 1 is 0.547 bits per heavy atom. The summed E-state index contributed by atoms with van der Waals surface area (Å²) in [7, 11) is 5.13. The van der Waals surface area contributed by atoms with Gasteiger partial charge in [-0.3, -0.25) is 14.0 Å². The molecule has 506 valence electrons. The molecular weight excluding hydrogens is 1370 g/mol. The van der Waals surface area contributed by atoms with Gasteiger partial charge in [0.25, 0.3) is 0 Å². The van der Waals surface area contributed by atoms with Crippen LogP contribution in [0.25, 0.3) is 57.1 Å². The number of nitrogens with zero attached hydrogens (tertiary/aromatic N) is 14. The third-order valence-electron chi connectivity index (χ3n) is 16.5. The number of hydrogen-bond donors (Lipinski definition) is 0. The van der Waals surface area contributed by atoms with Crippen LogP contribution in [0, 0.1) is 20.8 Å². The summed E-state index contributed by atoms with van der Waals surface area (Å²) in [6.07, 6.45) is 15.6. The van der Waals surface area contributed by atoms with Gasteiger partial charge in [-0.15, -0.1) is 34.0 Å². The van der Waals surface area contributed by atoms with Crippen LogP contribution >= 0.6 is 73.1 Å². The van der Waals surface area contributed by atoms with Crippen LogP contribution < -0.4 is 5.46 Å². The molecule has 30 heteroatoms. The van der Waals surface area contributed by atoms with E-state index in [1.807, 2.05) is 157 Å². The van der Waals surface area contributed by atoms with Crippen LogP contribution in [0.3, 0.4) is 0 Å². The molecule has 2 fully saturated rings. The molecule has 13 rings (SSSR count). The monoisotopic (exact) mass is 1450 g/mol. The fourth-order valence-electron chi connectivity index (χ4n) is 10.2. The number of thiophene rings is 3. The number of aromatic nitrogens is 12. The van der Waals surface area contributed by atoms with Crippen molar-refractivity contribution in [2.24, 2.45) is 21.1 Å². The predicted molar refractivity (Wildman–Crippen MR) is 384 cm³/mol. The standard InChI is InChI=1S/C21H25N5O2S.C16H28BNO4.C11H19BN2O2.C11H9ClN4S.C6H2BrClN2S/c1-13-15(11-25(5)24-13)17-10-16-19(29-17)18(23-12-22-16)14-6-8-26(9-7-14)20(27)28-21(2,3)4;1-14(2,3)20-13(19)18-10-8-12(9-11-18)17-21-15(4,5)16(6,7)22-17;1-8-9(7-14(6)13-8)12-15-10(2,3)11(4,5)16-12;1-6-7(4-16(2)15-6)9-3-8-10(17-9)11(12)14-5-13-8;7-4-1-3-5(11-4)6(8)10-2-9-3/h6,10-12H,7-9H2,1-5H3;8H,9-11H2,1-7H3;7H,1-6H3;3-5H,1-2H3;1-2H. The highest BCUT2D eigenvalue weighted by Gasteiger charge is 2.54. The first kappa shape index (κ1) is 73.1. The molecule has 2 amide bonds. The number of rotatable bonds is 5. The van der Waals surface area contributed by atoms with Gasteiger partial charge in [0.15, 0.2) is 0 Å². The highest BCUT2D eigenvalue weighted by atomic mass is 79.9. The lowest BCUT2D eigenvalue weighted by Gasteiger charge is -2.32. The summed E-state index contributed by atoms with van der Waals surface area (Å²) in [5.74, 6) is 0. The van der Waals surface area contributed by atoms with Crippen molar-refractivity contribution in [3.63, 3.8) is 0 Å². The third kappa shape index (κ3) is 17.6. The Labute approximate surface area is 586 Å². The van der Waals surface area contributed by atoms with Crippen LogP contribution in [-0.2, 0) is 49.2 Å². The number of carbonyl (C=O) groups is 2. The quantitative estimate of drug-likeness (QED) is 0.115. The van der Waals surface area contributed by atoms with E-state index in [4.69, 9.17) is 51.3 Å². The van der Waals surface area contributed by atoms with Gasteiger partial charge in [0.2, 0.25) is 0 Å². The fraction of sp³-hybridized carbons (Fsp3) is 0.492. The van der Waals surface area contributed by atoms with Crippen LogP contribution in [0.4, 0.5) is 9.59 Å². The van der Waals surface area contributed by atoms with E-state index < -0.39 is 11.2 Å². The molecule has 9 aromatic heterocycles. The molecule has 95 heavy (non-hydrogen) atoms. The number of amides is 2. The Hall–Kier alpha value is -6.20. The molecule has 0 unspecified atom stereocenters. The number of fused-ring (bicyclic) bond motifs is 3. The highest BCUT2D eigenvalue weighted by molar-refractivity contribution is 9.11. The largest absolute Gasteiger partial charge is 0.498 e. The maximum absolute atomic E-state index is 12.3. The van der Waals surface area contributed by atoms with Gasteiger partial charge in [-0.25, -0.2) is 39.5 Å². The SMILES string of the molecule is CC(C)(C)OC(=O)N1CC=C(B2OC(C)(C)C(C)(C)O2)CC1.Cc1nn(C)cc1-c1cc2ncnc(C3=CCN(C(=O)OC(C)(C)C)CC3)c2s1.Cc1nn(C)cc1-c1cc2ncnc(Cl)c2s1.Cc1nn(C)cc1B1OC(C)(C)C(C)(C)O1.Clc1ncnc2cc(Br)sc12. The summed E-state index contributed by atoms with van der Waals surface area (Å²) in [5, 5.41) is 14.1. The van der Waals surface area contributed by atoms with Crippen molar-refractivity contribution >= 4 is 141 Å². The third-order valence-corrected chi connectivity index (χ3v) is 21.3. The molecule has 0 spiro atoms. The van der Waals surface area contributed by atoms with E-state index in [2.05, 4.69) is 101 Å². The molecule has 0 bridgehead atoms. The van der Waals surface area contributed by atoms with E-state index in [9.17, 15) is 9.59 Å². The predicted octanol–water partition coefficient (Wildman–Crippen LogP) is 14.8. The first-order valence-electron chi connectivity index (χ1n) is 31.0. The minimum atomic E-state index is -0.488. The van der Waals surface area contributed by atoms with Crippen molar-refractivity contribution in [2.75, 3.05) is 26.2 Å². The van der Waals surface area contributed by atoms with E-state index in [0.717, 1.165) is 107 Å². The maximum Gasteiger partial charge on any atom is 0.498 e. The molecule has 22 nitrogen and oxygen atoms in total. The number of ether oxygens (including phenoxy) is 2. The van der Waals surface area contributed by atoms with Gasteiger partial charge in [0, 0.05) is 92.3 Å². The molecule has 4 aliphatic heterocycles. The first-order chi connectivity index (χ1) is 44.3. The zero-order valence-corrected chi connectivity index (χ0v) is 63.2. The lowest BCUT2D eigenvalue weighted by molar-refractivity contribution is 0.00578. The Morgan fingerprint density at radius 2 is 0.958 bits per heavy atom. The van der Waals surface area contributed by atoms with Gasteiger partial charge in [-0.1, -0.05) is 35.4 Å². The number of halogens is 3. The van der Waals surface area contributed by atoms with Crippen LogP contribution in [0.5, 0.6) is 0 Å². The molecule has 0 atom stereocenters. The molecule has 2 saturated heterocycles. The van der Waals surface area contributed by atoms with E-state index in [-0.39, 0.29) is 48.8 Å². The molecule has 0 N–H and O–H groups in total. The van der Waals surface area contributed by atoms with E-state index in [0.29, 0.717) is 36.5 Å². The molecule has 9 aromatic rings. The topological polar surface area (TPSA) is 227 Å². The maximum atomic E-state index is 12.3. The van der Waals surface area contributed by atoms with Crippen molar-refractivity contribution in [2.45, 2.75) is 164 Å². The second-order valence-corrected chi connectivity index (χ2v) is 32.7. The van der Waals surface area contributed by atoms with E-state index >= 15 is 0 Å². The molecule has 0 aliphatic carbocycles. The van der Waals surface area contributed by atoms with Crippen LogP contribution in [0.15, 0.2) is 77.2 Å². The number of hydrogen-bond acceptors (Lipinski definition) is 20. The molecule has 0 saturated carbocycles. The highest BCUT2D eigenvalue weighted by Crippen LogP contribution is 2.42. The van der Waals surface area contributed by atoms with Gasteiger partial charge in [-0.05, 0) is 176 Å². The van der Waals surface area contributed by atoms with Crippen molar-refractivity contribution in [1.82, 2.24) is 69.0 Å². The second-order valence-electron chi connectivity index (χ2n) is 27.5. The van der Waals surface area contributed by atoms with Crippen LogP contribution in [0.1, 0.15) is 133 Å². The smallest absolute Gasteiger partial charge is 0.444 e. The minimum Gasteiger partial charge on any atom is -0.444 e.